The van der Waals surface area contributed by atoms with Crippen LogP contribution in [0.15, 0.2) is 0 Å². The molecule has 3 nitrogen and oxygen atoms in total. The van der Waals surface area contributed by atoms with E-state index < -0.39 is 0 Å². The minimum absolute atomic E-state index is 0.128. The van der Waals surface area contributed by atoms with Crippen LogP contribution in [0.1, 0.15) is 39.5 Å². The van der Waals surface area contributed by atoms with Gasteiger partial charge in [0.2, 0.25) is 0 Å². The van der Waals surface area contributed by atoms with Gasteiger partial charge in [0, 0.05) is 0 Å². The molecule has 0 saturated heterocycles. The summed E-state index contributed by atoms with van der Waals surface area (Å²) in [5, 5.41) is 2.80. The third kappa shape index (κ3) is 3.66. The zero-order valence-corrected chi connectivity index (χ0v) is 9.43. The lowest BCUT2D eigenvalue weighted by Crippen LogP contribution is -2.31. The van der Waals surface area contributed by atoms with E-state index in [2.05, 4.69) is 19.2 Å². The Labute approximate surface area is 86.2 Å². The summed E-state index contributed by atoms with van der Waals surface area (Å²) in [4.78, 5) is 11.2. The minimum atomic E-state index is -0.128. The van der Waals surface area contributed by atoms with Gasteiger partial charge in [-0.25, -0.2) is 0 Å². The highest BCUT2D eigenvalue weighted by Gasteiger charge is 2.28. The SMILES string of the molecule is CNCC(=O)OC1CCC(C)(C)CC1. The fourth-order valence-corrected chi connectivity index (χ4v) is 1.86. The first-order chi connectivity index (χ1) is 6.53. The number of rotatable bonds is 3. The van der Waals surface area contributed by atoms with E-state index in [9.17, 15) is 4.79 Å². The summed E-state index contributed by atoms with van der Waals surface area (Å²) in [7, 11) is 1.76. The van der Waals surface area contributed by atoms with E-state index in [1.165, 1.54) is 0 Å². The Hall–Kier alpha value is -0.570. The van der Waals surface area contributed by atoms with Gasteiger partial charge in [-0.05, 0) is 38.1 Å². The number of likely N-dealkylation sites (N-methyl/N-ethyl adjacent to an activating group) is 1. The lowest BCUT2D eigenvalue weighted by Gasteiger charge is -2.33. The van der Waals surface area contributed by atoms with Gasteiger partial charge in [-0.1, -0.05) is 13.8 Å². The predicted molar refractivity (Wildman–Crippen MR) is 56.1 cm³/mol. The van der Waals surface area contributed by atoms with Crippen molar-refractivity contribution in [2.75, 3.05) is 13.6 Å². The van der Waals surface area contributed by atoms with Gasteiger partial charge < -0.3 is 10.1 Å². The topological polar surface area (TPSA) is 38.3 Å². The normalized spacial score (nSPS) is 21.9. The zero-order valence-electron chi connectivity index (χ0n) is 9.43. The van der Waals surface area contributed by atoms with Crippen molar-refractivity contribution < 1.29 is 9.53 Å². The first kappa shape index (κ1) is 11.5. The molecule has 3 heteroatoms. The highest BCUT2D eigenvalue weighted by atomic mass is 16.5. The van der Waals surface area contributed by atoms with Crippen molar-refractivity contribution in [3.05, 3.63) is 0 Å². The molecule has 1 aliphatic carbocycles. The summed E-state index contributed by atoms with van der Waals surface area (Å²) < 4.78 is 5.32. The highest BCUT2D eigenvalue weighted by molar-refractivity contribution is 5.71. The Morgan fingerprint density at radius 3 is 2.50 bits per heavy atom. The zero-order chi connectivity index (χ0) is 10.6. The number of esters is 1. The maximum atomic E-state index is 11.2. The van der Waals surface area contributed by atoms with Crippen molar-refractivity contribution in [2.45, 2.75) is 45.6 Å². The van der Waals surface area contributed by atoms with Crippen molar-refractivity contribution >= 4 is 5.97 Å². The summed E-state index contributed by atoms with van der Waals surface area (Å²) in [5.41, 5.74) is 0.436. The average Bonchev–Trinajstić information content (AvgIpc) is 2.09. The fourth-order valence-electron chi connectivity index (χ4n) is 1.86. The summed E-state index contributed by atoms with van der Waals surface area (Å²) in [6, 6.07) is 0. The van der Waals surface area contributed by atoms with Crippen molar-refractivity contribution in [1.29, 1.82) is 0 Å². The largest absolute Gasteiger partial charge is 0.461 e. The number of carbonyl (C=O) groups is 1. The van der Waals surface area contributed by atoms with Crippen LogP contribution in [0.5, 0.6) is 0 Å². The number of ether oxygens (including phenoxy) is 1. The second-order valence-corrected chi connectivity index (χ2v) is 4.88. The van der Waals surface area contributed by atoms with Crippen LogP contribution in [0.25, 0.3) is 0 Å². The molecule has 82 valence electrons. The van der Waals surface area contributed by atoms with Gasteiger partial charge in [0.15, 0.2) is 0 Å². The molecule has 0 spiro atoms. The van der Waals surface area contributed by atoms with E-state index in [0.29, 0.717) is 12.0 Å². The van der Waals surface area contributed by atoms with E-state index in [-0.39, 0.29) is 12.1 Å². The van der Waals surface area contributed by atoms with Crippen LogP contribution in [0, 0.1) is 5.41 Å². The Bertz CT molecular complexity index is 191. The van der Waals surface area contributed by atoms with Crippen molar-refractivity contribution in [1.82, 2.24) is 5.32 Å². The van der Waals surface area contributed by atoms with Crippen LogP contribution in [0.3, 0.4) is 0 Å². The second kappa shape index (κ2) is 4.78. The van der Waals surface area contributed by atoms with Gasteiger partial charge in [0.05, 0.1) is 6.54 Å². The molecule has 0 aromatic carbocycles. The molecule has 0 aromatic heterocycles. The molecule has 1 N–H and O–H groups in total. The van der Waals surface area contributed by atoms with E-state index in [1.807, 2.05) is 0 Å². The maximum Gasteiger partial charge on any atom is 0.320 e. The molecule has 1 saturated carbocycles. The third-order valence-corrected chi connectivity index (χ3v) is 2.91. The summed E-state index contributed by atoms with van der Waals surface area (Å²) in [6.45, 7) is 4.87. The molecule has 0 atom stereocenters. The van der Waals surface area contributed by atoms with Crippen LogP contribution >= 0.6 is 0 Å². The Morgan fingerprint density at radius 1 is 1.43 bits per heavy atom. The van der Waals surface area contributed by atoms with Crippen LogP contribution in [-0.2, 0) is 9.53 Å². The lowest BCUT2D eigenvalue weighted by molar-refractivity contribution is -0.150. The average molecular weight is 199 g/mol. The number of hydrogen-bond acceptors (Lipinski definition) is 3. The van der Waals surface area contributed by atoms with Crippen molar-refractivity contribution in [3.63, 3.8) is 0 Å². The molecule has 0 amide bonds. The molecular formula is C11H21NO2. The van der Waals surface area contributed by atoms with Crippen molar-refractivity contribution in [3.8, 4) is 0 Å². The van der Waals surface area contributed by atoms with Crippen LogP contribution in [0.2, 0.25) is 0 Å². The van der Waals surface area contributed by atoms with Crippen molar-refractivity contribution in [2.24, 2.45) is 5.41 Å². The Morgan fingerprint density at radius 2 is 2.00 bits per heavy atom. The van der Waals surface area contributed by atoms with Gasteiger partial charge in [0.25, 0.3) is 0 Å². The first-order valence-corrected chi connectivity index (χ1v) is 5.37. The van der Waals surface area contributed by atoms with Crippen LogP contribution in [-0.4, -0.2) is 25.7 Å². The minimum Gasteiger partial charge on any atom is -0.461 e. The molecule has 0 bridgehead atoms. The smallest absolute Gasteiger partial charge is 0.320 e. The molecule has 1 aliphatic rings. The van der Waals surface area contributed by atoms with Gasteiger partial charge >= 0.3 is 5.97 Å². The Kier molecular flexibility index (Phi) is 3.93. The third-order valence-electron chi connectivity index (χ3n) is 2.91. The van der Waals surface area contributed by atoms with Gasteiger partial charge in [-0.3, -0.25) is 4.79 Å². The summed E-state index contributed by atoms with van der Waals surface area (Å²) >= 11 is 0. The summed E-state index contributed by atoms with van der Waals surface area (Å²) in [6.07, 6.45) is 4.50. The molecule has 0 aromatic rings. The van der Waals surface area contributed by atoms with E-state index >= 15 is 0 Å². The molecule has 0 aliphatic heterocycles. The van der Waals surface area contributed by atoms with Crippen LogP contribution < -0.4 is 5.32 Å². The van der Waals surface area contributed by atoms with E-state index in [4.69, 9.17) is 4.74 Å². The molecule has 1 rings (SSSR count). The molecule has 0 radical (unpaired) electrons. The van der Waals surface area contributed by atoms with E-state index in [0.717, 1.165) is 25.7 Å². The molecular weight excluding hydrogens is 178 g/mol. The number of carbonyl (C=O) groups excluding carboxylic acids is 1. The van der Waals surface area contributed by atoms with Gasteiger partial charge in [-0.15, -0.1) is 0 Å². The fraction of sp³-hybridized carbons (Fsp3) is 0.909. The number of nitrogens with one attached hydrogen (secondary N) is 1. The molecule has 1 fully saturated rings. The molecule has 0 unspecified atom stereocenters. The predicted octanol–water partition coefficient (Wildman–Crippen LogP) is 1.72. The second-order valence-electron chi connectivity index (χ2n) is 4.88. The van der Waals surface area contributed by atoms with E-state index in [1.54, 1.807) is 7.05 Å². The Balaban J connectivity index is 2.25. The standard InChI is InChI=1S/C11H21NO2/c1-11(2)6-4-9(5-7-11)14-10(13)8-12-3/h9,12H,4-8H2,1-3H3. The molecule has 14 heavy (non-hydrogen) atoms. The first-order valence-electron chi connectivity index (χ1n) is 5.37. The monoisotopic (exact) mass is 199 g/mol. The maximum absolute atomic E-state index is 11.2. The quantitative estimate of drug-likeness (QED) is 0.703. The number of hydrogen-bond donors (Lipinski definition) is 1. The molecule has 0 heterocycles. The highest BCUT2D eigenvalue weighted by Crippen LogP contribution is 2.36. The summed E-state index contributed by atoms with van der Waals surface area (Å²) in [5.74, 6) is -0.128. The lowest BCUT2D eigenvalue weighted by atomic mass is 9.76. The van der Waals surface area contributed by atoms with Crippen LogP contribution in [0.4, 0.5) is 0 Å². The van der Waals surface area contributed by atoms with Gasteiger partial charge in [0.1, 0.15) is 6.10 Å². The van der Waals surface area contributed by atoms with Gasteiger partial charge in [-0.2, -0.15) is 0 Å².